The zero-order chi connectivity index (χ0) is 43.5. The molecule has 15 heteroatoms. The third-order valence-corrected chi connectivity index (χ3v) is 14.6. The number of benzene rings is 5. The molecule has 0 spiro atoms. The van der Waals surface area contributed by atoms with Crippen molar-refractivity contribution in [2.75, 3.05) is 0 Å². The van der Waals surface area contributed by atoms with Gasteiger partial charge in [-0.25, -0.2) is 0 Å². The van der Waals surface area contributed by atoms with Crippen LogP contribution in [0.1, 0.15) is 34.7 Å². The molecule has 2 aliphatic carbocycles. The maximum atomic E-state index is 13.5. The first kappa shape index (κ1) is 48.7. The van der Waals surface area contributed by atoms with Gasteiger partial charge in [-0.1, -0.05) is 91.9 Å². The summed E-state index contributed by atoms with van der Waals surface area (Å²) in [6.45, 7) is 1.32. The Morgan fingerprint density at radius 2 is 0.754 bits per heavy atom. The molecule has 0 nitrogen and oxygen atoms in total. The van der Waals surface area contributed by atoms with E-state index in [1.807, 2.05) is 0 Å². The predicted molar refractivity (Wildman–Crippen MR) is 214 cm³/mol. The zero-order valence-corrected chi connectivity index (χ0v) is 34.4. The maximum absolute atomic E-state index is 13.5. The minimum Gasteiger partial charge on any atom is -0.166 e. The molecule has 2 fully saturated rings. The van der Waals surface area contributed by atoms with Crippen molar-refractivity contribution in [3.8, 4) is 0 Å². The Labute approximate surface area is 360 Å². The molecule has 2 saturated carbocycles. The van der Waals surface area contributed by atoms with Crippen molar-refractivity contribution in [2.45, 2.75) is 37.3 Å². The van der Waals surface area contributed by atoms with Gasteiger partial charge in [-0.15, -0.1) is 0 Å². The van der Waals surface area contributed by atoms with Crippen LogP contribution in [-0.4, -0.2) is 5.66 Å². The van der Waals surface area contributed by atoms with Crippen LogP contribution in [0.4, 0.5) is 52.7 Å². The van der Waals surface area contributed by atoms with E-state index in [0.29, 0.717) is 30.2 Å². The van der Waals surface area contributed by atoms with Crippen molar-refractivity contribution >= 4 is 42.4 Å². The van der Waals surface area contributed by atoms with Crippen molar-refractivity contribution in [2.24, 2.45) is 0 Å². The number of hydrogen-bond acceptors (Lipinski definition) is 0. The molecule has 318 valence electrons. The standard InChI is InChI=1S/C23H14F12P.C23H18P.Fe/c1-12(13-4-2-3-5-13)36(18-8-14(20(24,25)26)6-15(9-18)21(27,28)29)19-10-16(22(30,31)32)7-17(11-19)23(33,34)35;1-3-13-20(14-4-1)24(21-15-5-2-6-16-21)23-18-10-9-17-22(23)19-11-7-8-12-19;/h2-12H,1H3;1-18H;/t12-;;/m1../s1. The van der Waals surface area contributed by atoms with Gasteiger partial charge in [0.1, 0.15) is 0 Å². The second-order valence-electron chi connectivity index (χ2n) is 13.5. The van der Waals surface area contributed by atoms with E-state index in [0.717, 1.165) is 0 Å². The molecule has 5 aromatic rings. The Bertz CT molecular complexity index is 1990. The van der Waals surface area contributed by atoms with Crippen LogP contribution < -0.4 is 26.5 Å². The smallest absolute Gasteiger partial charge is 0.166 e. The van der Waals surface area contributed by atoms with E-state index in [1.54, 1.807) is 0 Å². The largest absolute Gasteiger partial charge is 0.416 e. The van der Waals surface area contributed by atoms with Gasteiger partial charge in [0.25, 0.3) is 0 Å². The average molecular weight is 931 g/mol. The van der Waals surface area contributed by atoms with E-state index in [9.17, 15) is 52.7 Å². The van der Waals surface area contributed by atoms with Crippen LogP contribution in [-0.2, 0) is 41.8 Å². The third-order valence-electron chi connectivity index (χ3n) is 9.41. The van der Waals surface area contributed by atoms with Crippen LogP contribution >= 0.6 is 15.8 Å². The summed E-state index contributed by atoms with van der Waals surface area (Å²) in [5, 5.41) is 2.84. The van der Waals surface area contributed by atoms with Gasteiger partial charge in [0.15, 0.2) is 0 Å². The normalized spacial score (nSPS) is 16.0. The second-order valence-corrected chi connectivity index (χ2v) is 18.2. The van der Waals surface area contributed by atoms with Crippen LogP contribution in [0.5, 0.6) is 0 Å². The maximum Gasteiger partial charge on any atom is 0.416 e. The molecular formula is C46H32F12FeP2. The summed E-state index contributed by atoms with van der Waals surface area (Å²) < 4.78 is 162. The molecule has 10 radical (unpaired) electrons. The van der Waals surface area contributed by atoms with Gasteiger partial charge >= 0.3 is 24.7 Å². The molecule has 0 heterocycles. The van der Waals surface area contributed by atoms with E-state index < -0.39 is 79.1 Å². The van der Waals surface area contributed by atoms with E-state index in [1.165, 1.54) is 60.0 Å². The fourth-order valence-corrected chi connectivity index (χ4v) is 11.9. The molecule has 0 bridgehead atoms. The van der Waals surface area contributed by atoms with Gasteiger partial charge in [0.05, 0.1) is 22.3 Å². The van der Waals surface area contributed by atoms with Crippen LogP contribution in [0.3, 0.4) is 0 Å². The molecule has 0 amide bonds. The molecule has 0 aromatic heterocycles. The van der Waals surface area contributed by atoms with Crippen molar-refractivity contribution in [3.05, 3.63) is 212 Å². The van der Waals surface area contributed by atoms with E-state index in [4.69, 9.17) is 0 Å². The molecular weight excluding hydrogens is 898 g/mol. The fourth-order valence-electron chi connectivity index (χ4n) is 6.62. The first-order valence-electron chi connectivity index (χ1n) is 18.0. The average Bonchev–Trinajstić information content (AvgIpc) is 3.94. The van der Waals surface area contributed by atoms with Gasteiger partial charge in [-0.2, -0.15) is 52.7 Å². The summed E-state index contributed by atoms with van der Waals surface area (Å²) in [4.78, 5) is 0. The molecule has 7 rings (SSSR count). The topological polar surface area (TPSA) is 0 Å². The van der Waals surface area contributed by atoms with Crippen molar-refractivity contribution in [3.63, 3.8) is 0 Å². The van der Waals surface area contributed by atoms with Gasteiger partial charge < -0.3 is 0 Å². The van der Waals surface area contributed by atoms with Gasteiger partial charge in [0, 0.05) is 23.0 Å². The summed E-state index contributed by atoms with van der Waals surface area (Å²) in [6.07, 6.45) is -6.62. The van der Waals surface area contributed by atoms with E-state index in [2.05, 4.69) is 111 Å². The summed E-state index contributed by atoms with van der Waals surface area (Å²) in [7, 11) is -3.19. The van der Waals surface area contributed by atoms with E-state index >= 15 is 0 Å². The third kappa shape index (κ3) is 12.2. The van der Waals surface area contributed by atoms with Crippen LogP contribution in [0.25, 0.3) is 0 Å². The predicted octanol–water partition coefficient (Wildman–Crippen LogP) is 12.2. The molecule has 0 N–H and O–H groups in total. The fraction of sp³-hybridized carbons (Fsp3) is 0.130. The minimum atomic E-state index is -5.26. The SMILES string of the molecule is C[C@H]([C]1[CH][CH][CH][CH]1)P(c1cc(C(F)(F)F)cc(C(F)(F)F)c1)c1cc(C(F)(F)F)cc(C(F)(F)F)c1.[CH]1[CH][CH][C](c2ccccc2P(c2ccccc2)c2ccccc2)[CH]1.[Fe]. The minimum absolute atomic E-state index is 0. The van der Waals surface area contributed by atoms with Crippen molar-refractivity contribution in [1.82, 2.24) is 0 Å². The summed E-state index contributed by atoms with van der Waals surface area (Å²) in [5.41, 5.74) is -6.60. The Kier molecular flexibility index (Phi) is 16.0. The molecule has 0 saturated heterocycles. The van der Waals surface area contributed by atoms with Crippen LogP contribution in [0.15, 0.2) is 121 Å². The number of hydrogen-bond donors (Lipinski definition) is 0. The summed E-state index contributed by atoms with van der Waals surface area (Å²) in [6, 6.07) is 31.6. The number of halogens is 12. The van der Waals surface area contributed by atoms with E-state index in [-0.39, 0.29) is 29.2 Å². The Balaban J connectivity index is 0.000000244. The first-order chi connectivity index (χ1) is 28.2. The summed E-state index contributed by atoms with van der Waals surface area (Å²) in [5.74, 6) is 1.61. The van der Waals surface area contributed by atoms with Crippen LogP contribution in [0, 0.1) is 63.2 Å². The summed E-state index contributed by atoms with van der Waals surface area (Å²) >= 11 is 0. The molecule has 61 heavy (non-hydrogen) atoms. The Morgan fingerprint density at radius 3 is 1.13 bits per heavy atom. The molecule has 1 atom stereocenters. The monoisotopic (exact) mass is 930 g/mol. The van der Waals surface area contributed by atoms with Gasteiger partial charge in [-0.05, 0) is 147 Å². The quantitative estimate of drug-likeness (QED) is 0.0826. The Morgan fingerprint density at radius 1 is 0.410 bits per heavy atom. The van der Waals surface area contributed by atoms with Crippen molar-refractivity contribution in [1.29, 1.82) is 0 Å². The number of rotatable bonds is 8. The molecule has 0 unspecified atom stereocenters. The first-order valence-corrected chi connectivity index (χ1v) is 20.8. The van der Waals surface area contributed by atoms with Crippen molar-refractivity contribution < 1.29 is 69.8 Å². The van der Waals surface area contributed by atoms with Crippen LogP contribution in [0.2, 0.25) is 0 Å². The zero-order valence-electron chi connectivity index (χ0n) is 31.5. The number of alkyl halides is 12. The molecule has 2 aliphatic rings. The van der Waals surface area contributed by atoms with Gasteiger partial charge in [0.2, 0.25) is 0 Å². The molecule has 5 aromatic carbocycles. The second kappa shape index (κ2) is 20.0. The molecule has 0 aliphatic heterocycles. The Hall–Kier alpha value is -3.36. The van der Waals surface area contributed by atoms with Gasteiger partial charge in [-0.3, -0.25) is 0 Å².